The number of benzene rings is 2. The molecule has 7 heteroatoms. The van der Waals surface area contributed by atoms with Crippen molar-refractivity contribution in [2.45, 2.75) is 0 Å². The van der Waals surface area contributed by atoms with Gasteiger partial charge in [-0.2, -0.15) is 5.10 Å². The van der Waals surface area contributed by atoms with E-state index in [4.69, 9.17) is 13.9 Å². The zero-order chi connectivity index (χ0) is 17.9. The molecule has 0 atom stereocenters. The summed E-state index contributed by atoms with van der Waals surface area (Å²) in [6.07, 6.45) is 1.45. The Bertz CT molecular complexity index is 979. The van der Waals surface area contributed by atoms with Gasteiger partial charge >= 0.3 is 0 Å². The molecule has 2 aromatic carbocycles. The number of rotatable bonds is 4. The Morgan fingerprint density at radius 1 is 1.04 bits per heavy atom. The summed E-state index contributed by atoms with van der Waals surface area (Å²) in [7, 11) is 0. The van der Waals surface area contributed by atoms with Crippen LogP contribution >= 0.6 is 15.9 Å². The molecule has 130 valence electrons. The second kappa shape index (κ2) is 7.05. The lowest BCUT2D eigenvalue weighted by Gasteiger charge is -2.01. The number of amides is 1. The molecule has 1 amide bonds. The first kappa shape index (κ1) is 16.4. The number of ether oxygens (including phenoxy) is 2. The van der Waals surface area contributed by atoms with Gasteiger partial charge in [0, 0.05) is 15.6 Å². The Labute approximate surface area is 157 Å². The molecule has 0 radical (unpaired) electrons. The minimum Gasteiger partial charge on any atom is -0.455 e. The van der Waals surface area contributed by atoms with Gasteiger partial charge in [0.15, 0.2) is 11.5 Å². The number of fused-ring (bicyclic) bond motifs is 1. The minimum atomic E-state index is -0.348. The van der Waals surface area contributed by atoms with Gasteiger partial charge in [-0.1, -0.05) is 28.1 Å². The van der Waals surface area contributed by atoms with Gasteiger partial charge < -0.3 is 13.9 Å². The number of nitrogens with one attached hydrogen (secondary N) is 1. The third kappa shape index (κ3) is 3.48. The van der Waals surface area contributed by atoms with Crippen molar-refractivity contribution in [3.05, 3.63) is 70.4 Å². The first-order chi connectivity index (χ1) is 12.7. The van der Waals surface area contributed by atoms with Crippen molar-refractivity contribution in [1.29, 1.82) is 0 Å². The van der Waals surface area contributed by atoms with Crippen LogP contribution in [0.4, 0.5) is 0 Å². The van der Waals surface area contributed by atoms with E-state index >= 15 is 0 Å². The molecule has 2 heterocycles. The Hall–Kier alpha value is -3.06. The van der Waals surface area contributed by atoms with Crippen LogP contribution in [0.3, 0.4) is 0 Å². The number of hydrazone groups is 1. The van der Waals surface area contributed by atoms with E-state index < -0.39 is 0 Å². The fourth-order valence-corrected chi connectivity index (χ4v) is 2.71. The summed E-state index contributed by atoms with van der Waals surface area (Å²) in [5.41, 5.74) is 3.85. The maximum atomic E-state index is 12.1. The van der Waals surface area contributed by atoms with Crippen LogP contribution in [0.15, 0.2) is 68.6 Å². The van der Waals surface area contributed by atoms with Gasteiger partial charge in [-0.25, -0.2) is 5.43 Å². The monoisotopic (exact) mass is 412 g/mol. The molecular weight excluding hydrogens is 400 g/mol. The molecule has 0 bridgehead atoms. The fraction of sp³-hybridized carbons (Fsp3) is 0.0526. The summed E-state index contributed by atoms with van der Waals surface area (Å²) in [6, 6.07) is 16.4. The summed E-state index contributed by atoms with van der Waals surface area (Å²) in [5.74, 6) is 2.09. The SMILES string of the molecule is O=C(NN=Cc1ccc(-c2ccc(Br)cc2)o1)c1ccc2c(c1)OCO2. The number of furan rings is 1. The Kier molecular flexibility index (Phi) is 4.45. The highest BCUT2D eigenvalue weighted by Crippen LogP contribution is 2.32. The van der Waals surface area contributed by atoms with Gasteiger partial charge in [0.25, 0.3) is 5.91 Å². The minimum absolute atomic E-state index is 0.164. The molecule has 1 N–H and O–H groups in total. The van der Waals surface area contributed by atoms with Crippen LogP contribution in [0, 0.1) is 0 Å². The third-order valence-electron chi connectivity index (χ3n) is 3.75. The van der Waals surface area contributed by atoms with Crippen molar-refractivity contribution in [3.8, 4) is 22.8 Å². The molecule has 4 rings (SSSR count). The van der Waals surface area contributed by atoms with Gasteiger partial charge in [0.05, 0.1) is 6.21 Å². The van der Waals surface area contributed by atoms with Crippen molar-refractivity contribution in [1.82, 2.24) is 5.43 Å². The summed E-state index contributed by atoms with van der Waals surface area (Å²) in [5, 5.41) is 3.93. The summed E-state index contributed by atoms with van der Waals surface area (Å²) >= 11 is 3.40. The van der Waals surface area contributed by atoms with Crippen LogP contribution in [-0.2, 0) is 0 Å². The van der Waals surface area contributed by atoms with E-state index in [1.54, 1.807) is 24.3 Å². The number of carbonyl (C=O) groups excluding carboxylic acids is 1. The van der Waals surface area contributed by atoms with Gasteiger partial charge in [0.1, 0.15) is 11.5 Å². The third-order valence-corrected chi connectivity index (χ3v) is 4.28. The average Bonchev–Trinajstić information content (AvgIpc) is 3.31. The quantitative estimate of drug-likeness (QED) is 0.514. The van der Waals surface area contributed by atoms with Crippen LogP contribution in [0.25, 0.3) is 11.3 Å². The molecule has 1 aliphatic heterocycles. The normalized spacial score (nSPS) is 12.5. The largest absolute Gasteiger partial charge is 0.455 e. The van der Waals surface area contributed by atoms with Crippen LogP contribution in [0.5, 0.6) is 11.5 Å². The Balaban J connectivity index is 1.41. The van der Waals surface area contributed by atoms with Crippen LogP contribution < -0.4 is 14.9 Å². The zero-order valence-electron chi connectivity index (χ0n) is 13.4. The highest BCUT2D eigenvalue weighted by atomic mass is 79.9. The molecule has 1 aromatic heterocycles. The molecule has 0 spiro atoms. The van der Waals surface area contributed by atoms with Crippen molar-refractivity contribution >= 4 is 28.1 Å². The van der Waals surface area contributed by atoms with Crippen molar-refractivity contribution in [2.24, 2.45) is 5.10 Å². The molecular formula is C19H13BrN2O4. The zero-order valence-corrected chi connectivity index (χ0v) is 15.0. The molecule has 0 saturated heterocycles. The lowest BCUT2D eigenvalue weighted by molar-refractivity contribution is 0.0954. The van der Waals surface area contributed by atoms with E-state index in [2.05, 4.69) is 26.5 Å². The van der Waals surface area contributed by atoms with Gasteiger partial charge in [-0.05, 0) is 42.5 Å². The highest BCUT2D eigenvalue weighted by molar-refractivity contribution is 9.10. The van der Waals surface area contributed by atoms with E-state index in [1.165, 1.54) is 6.21 Å². The van der Waals surface area contributed by atoms with Gasteiger partial charge in [-0.3, -0.25) is 4.79 Å². The van der Waals surface area contributed by atoms with Crippen LogP contribution in [-0.4, -0.2) is 18.9 Å². The summed E-state index contributed by atoms with van der Waals surface area (Å²) in [4.78, 5) is 12.1. The number of hydrogen-bond donors (Lipinski definition) is 1. The molecule has 0 aliphatic carbocycles. The maximum Gasteiger partial charge on any atom is 0.271 e. The lowest BCUT2D eigenvalue weighted by Crippen LogP contribution is -2.17. The molecule has 0 fully saturated rings. The summed E-state index contributed by atoms with van der Waals surface area (Å²) in [6.45, 7) is 0.164. The molecule has 6 nitrogen and oxygen atoms in total. The fourth-order valence-electron chi connectivity index (χ4n) is 2.45. The average molecular weight is 413 g/mol. The van der Waals surface area contributed by atoms with Crippen molar-refractivity contribution in [3.63, 3.8) is 0 Å². The van der Waals surface area contributed by atoms with Crippen molar-refractivity contribution < 1.29 is 18.7 Å². The van der Waals surface area contributed by atoms with E-state index in [9.17, 15) is 4.79 Å². The molecule has 1 aliphatic rings. The van der Waals surface area contributed by atoms with E-state index in [1.807, 2.05) is 30.3 Å². The number of halogens is 1. The van der Waals surface area contributed by atoms with E-state index in [-0.39, 0.29) is 12.7 Å². The number of hydrogen-bond acceptors (Lipinski definition) is 5. The Morgan fingerprint density at radius 2 is 1.85 bits per heavy atom. The highest BCUT2D eigenvalue weighted by Gasteiger charge is 2.15. The number of nitrogens with zero attached hydrogens (tertiary/aromatic N) is 1. The predicted molar refractivity (Wildman–Crippen MR) is 99.5 cm³/mol. The second-order valence-corrected chi connectivity index (χ2v) is 6.39. The standard InChI is InChI=1S/C19H13BrN2O4/c20-14-4-1-12(2-5-14)16-8-6-15(26-16)10-21-22-19(23)13-3-7-17-18(9-13)25-11-24-17/h1-10H,11H2,(H,22,23). The van der Waals surface area contributed by atoms with Crippen LogP contribution in [0.1, 0.15) is 16.1 Å². The topological polar surface area (TPSA) is 73.1 Å². The predicted octanol–water partition coefficient (Wildman–Crippen LogP) is 4.20. The summed E-state index contributed by atoms with van der Waals surface area (Å²) < 4.78 is 17.2. The molecule has 26 heavy (non-hydrogen) atoms. The molecule has 0 saturated carbocycles. The smallest absolute Gasteiger partial charge is 0.271 e. The first-order valence-corrected chi connectivity index (χ1v) is 8.57. The molecule has 0 unspecified atom stereocenters. The van der Waals surface area contributed by atoms with Crippen molar-refractivity contribution in [2.75, 3.05) is 6.79 Å². The van der Waals surface area contributed by atoms with E-state index in [0.29, 0.717) is 22.8 Å². The van der Waals surface area contributed by atoms with Gasteiger partial charge in [0.2, 0.25) is 6.79 Å². The first-order valence-electron chi connectivity index (χ1n) is 7.78. The number of carbonyl (C=O) groups is 1. The Morgan fingerprint density at radius 3 is 2.69 bits per heavy atom. The van der Waals surface area contributed by atoms with Gasteiger partial charge in [-0.15, -0.1) is 0 Å². The lowest BCUT2D eigenvalue weighted by atomic mass is 10.2. The van der Waals surface area contributed by atoms with Crippen LogP contribution in [0.2, 0.25) is 0 Å². The maximum absolute atomic E-state index is 12.1. The second-order valence-electron chi connectivity index (χ2n) is 5.48. The van der Waals surface area contributed by atoms with E-state index in [0.717, 1.165) is 15.8 Å². The molecule has 3 aromatic rings.